The van der Waals surface area contributed by atoms with E-state index in [0.29, 0.717) is 12.2 Å². The van der Waals surface area contributed by atoms with Crippen LogP contribution in [0.4, 0.5) is 5.69 Å². The fraction of sp³-hybridized carbons (Fsp3) is 0.385. The first-order valence-electron chi connectivity index (χ1n) is 11.9. The van der Waals surface area contributed by atoms with Crippen LogP contribution in [-0.2, 0) is 17.8 Å². The van der Waals surface area contributed by atoms with Gasteiger partial charge in [-0.1, -0.05) is 23.8 Å². The Morgan fingerprint density at radius 2 is 1.89 bits per heavy atom. The summed E-state index contributed by atoms with van der Waals surface area (Å²) in [6, 6.07) is 13.9. The molecular formula is C26H30N4O4S. The fourth-order valence-corrected chi connectivity index (χ4v) is 4.95. The largest absolute Gasteiger partial charge is 0.454 e. The number of aryl methyl sites for hydroxylation is 1. The van der Waals surface area contributed by atoms with Crippen molar-refractivity contribution in [2.75, 3.05) is 51.5 Å². The summed E-state index contributed by atoms with van der Waals surface area (Å²) in [5.74, 6) is 1.39. The van der Waals surface area contributed by atoms with Crippen LogP contribution in [0, 0.1) is 6.92 Å². The monoisotopic (exact) mass is 494 g/mol. The van der Waals surface area contributed by atoms with Crippen molar-refractivity contribution < 1.29 is 19.0 Å². The van der Waals surface area contributed by atoms with Gasteiger partial charge in [-0.25, -0.2) is 4.98 Å². The van der Waals surface area contributed by atoms with Crippen LogP contribution in [0.25, 0.3) is 0 Å². The molecule has 5 rings (SSSR count). The van der Waals surface area contributed by atoms with E-state index in [9.17, 15) is 4.79 Å². The maximum atomic E-state index is 12.7. The van der Waals surface area contributed by atoms with Crippen molar-refractivity contribution in [2.24, 2.45) is 0 Å². The molecule has 9 heteroatoms. The molecule has 1 fully saturated rings. The highest BCUT2D eigenvalue weighted by atomic mass is 32.1. The first-order chi connectivity index (χ1) is 17.1. The lowest BCUT2D eigenvalue weighted by atomic mass is 10.2. The summed E-state index contributed by atoms with van der Waals surface area (Å²) in [7, 11) is 0. The van der Waals surface area contributed by atoms with E-state index in [1.165, 1.54) is 11.3 Å². The van der Waals surface area contributed by atoms with Gasteiger partial charge in [0.25, 0.3) is 5.91 Å². The van der Waals surface area contributed by atoms with Crippen LogP contribution in [0.3, 0.4) is 0 Å². The van der Waals surface area contributed by atoms with Gasteiger partial charge in [0.2, 0.25) is 6.79 Å². The second-order valence-electron chi connectivity index (χ2n) is 8.80. The Bertz CT molecular complexity index is 1140. The SMILES string of the molecule is Cc1ccc(NC(=O)c2csc(CN(CCN3CCOCC3)Cc3ccc4c(c3)OCO4)n2)cc1. The number of nitrogens with one attached hydrogen (secondary N) is 1. The Balaban J connectivity index is 1.25. The number of fused-ring (bicyclic) bond motifs is 1. The molecule has 2 aliphatic rings. The number of ether oxygens (including phenoxy) is 3. The van der Waals surface area contributed by atoms with Crippen molar-refractivity contribution in [3.05, 3.63) is 69.7 Å². The van der Waals surface area contributed by atoms with E-state index in [0.717, 1.165) is 79.3 Å². The van der Waals surface area contributed by atoms with E-state index in [1.54, 1.807) is 0 Å². The molecule has 0 saturated carbocycles. The number of thiazole rings is 1. The van der Waals surface area contributed by atoms with Crippen molar-refractivity contribution >= 4 is 22.9 Å². The molecule has 0 unspecified atom stereocenters. The van der Waals surface area contributed by atoms with Crippen molar-refractivity contribution in [1.82, 2.24) is 14.8 Å². The van der Waals surface area contributed by atoms with Crippen LogP contribution in [-0.4, -0.2) is 66.9 Å². The Hall–Kier alpha value is -2.98. The lowest BCUT2D eigenvalue weighted by molar-refractivity contribution is 0.0325. The molecule has 0 radical (unpaired) electrons. The number of aromatic nitrogens is 1. The molecule has 1 aromatic heterocycles. The summed E-state index contributed by atoms with van der Waals surface area (Å²) < 4.78 is 16.5. The van der Waals surface area contributed by atoms with E-state index in [1.807, 2.05) is 48.7 Å². The van der Waals surface area contributed by atoms with Crippen molar-refractivity contribution in [2.45, 2.75) is 20.0 Å². The van der Waals surface area contributed by atoms with E-state index < -0.39 is 0 Å². The van der Waals surface area contributed by atoms with Crippen LogP contribution in [0.5, 0.6) is 11.5 Å². The number of morpholine rings is 1. The predicted octanol–water partition coefficient (Wildman–Crippen LogP) is 3.77. The Labute approximate surface area is 209 Å². The van der Waals surface area contributed by atoms with Crippen LogP contribution >= 0.6 is 11.3 Å². The summed E-state index contributed by atoms with van der Waals surface area (Å²) in [6.07, 6.45) is 0. The molecule has 184 valence electrons. The smallest absolute Gasteiger partial charge is 0.275 e. The second-order valence-corrected chi connectivity index (χ2v) is 9.74. The summed E-state index contributed by atoms with van der Waals surface area (Å²) >= 11 is 1.52. The Kier molecular flexibility index (Phi) is 7.58. The van der Waals surface area contributed by atoms with Crippen LogP contribution in [0.15, 0.2) is 47.8 Å². The minimum absolute atomic E-state index is 0.188. The zero-order valence-electron chi connectivity index (χ0n) is 19.9. The normalized spacial score (nSPS) is 15.5. The predicted molar refractivity (Wildman–Crippen MR) is 135 cm³/mol. The molecule has 0 bridgehead atoms. The maximum Gasteiger partial charge on any atom is 0.275 e. The standard InChI is InChI=1S/C26H30N4O4S/c1-19-2-5-21(6-3-19)27-26(31)22-17-35-25(28-22)16-30(9-8-29-10-12-32-13-11-29)15-20-4-7-23-24(14-20)34-18-33-23/h2-7,14,17H,8-13,15-16,18H2,1H3,(H,27,31). The molecule has 0 aliphatic carbocycles. The van der Waals surface area contributed by atoms with Gasteiger partial charge in [-0.2, -0.15) is 0 Å². The zero-order chi connectivity index (χ0) is 24.0. The molecule has 2 aliphatic heterocycles. The molecule has 35 heavy (non-hydrogen) atoms. The van der Waals surface area contributed by atoms with Gasteiger partial charge in [0.15, 0.2) is 11.5 Å². The van der Waals surface area contributed by atoms with Gasteiger partial charge in [-0.15, -0.1) is 11.3 Å². The molecule has 1 N–H and O–H groups in total. The van der Waals surface area contributed by atoms with Gasteiger partial charge in [0.05, 0.1) is 19.8 Å². The van der Waals surface area contributed by atoms with Crippen LogP contribution in [0.1, 0.15) is 26.6 Å². The minimum Gasteiger partial charge on any atom is -0.454 e. The molecule has 3 aromatic rings. The highest BCUT2D eigenvalue weighted by Crippen LogP contribution is 2.33. The van der Waals surface area contributed by atoms with Gasteiger partial charge in [0.1, 0.15) is 10.7 Å². The Morgan fingerprint density at radius 3 is 2.71 bits per heavy atom. The molecule has 0 atom stereocenters. The minimum atomic E-state index is -0.188. The third kappa shape index (κ3) is 6.37. The number of hydrogen-bond acceptors (Lipinski definition) is 8. The molecule has 3 heterocycles. The number of carbonyl (C=O) groups excluding carboxylic acids is 1. The van der Waals surface area contributed by atoms with Gasteiger partial charge in [-0.05, 0) is 36.8 Å². The summed E-state index contributed by atoms with van der Waals surface area (Å²) in [5.41, 5.74) is 3.52. The number of benzene rings is 2. The summed E-state index contributed by atoms with van der Waals surface area (Å²) in [6.45, 7) is 9.05. The first kappa shape index (κ1) is 23.7. The third-order valence-electron chi connectivity index (χ3n) is 6.13. The fourth-order valence-electron chi connectivity index (χ4n) is 4.13. The van der Waals surface area contributed by atoms with Crippen LogP contribution in [0.2, 0.25) is 0 Å². The number of nitrogens with zero attached hydrogens (tertiary/aromatic N) is 3. The van der Waals surface area contributed by atoms with Gasteiger partial charge in [0, 0.05) is 43.8 Å². The van der Waals surface area contributed by atoms with E-state index >= 15 is 0 Å². The molecule has 1 saturated heterocycles. The lowest BCUT2D eigenvalue weighted by Crippen LogP contribution is -2.41. The zero-order valence-corrected chi connectivity index (χ0v) is 20.7. The number of amides is 1. The average Bonchev–Trinajstić information content (AvgIpc) is 3.54. The molecule has 2 aromatic carbocycles. The van der Waals surface area contributed by atoms with E-state index in [2.05, 4.69) is 26.2 Å². The van der Waals surface area contributed by atoms with Crippen molar-refractivity contribution in [1.29, 1.82) is 0 Å². The summed E-state index contributed by atoms with van der Waals surface area (Å²) in [4.78, 5) is 22.1. The molecule has 0 spiro atoms. The number of rotatable bonds is 9. The van der Waals surface area contributed by atoms with Crippen molar-refractivity contribution in [3.8, 4) is 11.5 Å². The maximum absolute atomic E-state index is 12.7. The van der Waals surface area contributed by atoms with Gasteiger partial charge in [-0.3, -0.25) is 14.6 Å². The number of carbonyl (C=O) groups is 1. The van der Waals surface area contributed by atoms with E-state index in [-0.39, 0.29) is 12.7 Å². The van der Waals surface area contributed by atoms with Crippen LogP contribution < -0.4 is 14.8 Å². The quantitative estimate of drug-likeness (QED) is 0.485. The number of hydrogen-bond donors (Lipinski definition) is 1. The lowest BCUT2D eigenvalue weighted by Gasteiger charge is -2.29. The van der Waals surface area contributed by atoms with Gasteiger partial charge < -0.3 is 19.5 Å². The highest BCUT2D eigenvalue weighted by Gasteiger charge is 2.18. The summed E-state index contributed by atoms with van der Waals surface area (Å²) in [5, 5.41) is 5.68. The topological polar surface area (TPSA) is 76.2 Å². The average molecular weight is 495 g/mol. The second kappa shape index (κ2) is 11.2. The molecule has 8 nitrogen and oxygen atoms in total. The third-order valence-corrected chi connectivity index (χ3v) is 6.97. The van der Waals surface area contributed by atoms with E-state index in [4.69, 9.17) is 14.2 Å². The highest BCUT2D eigenvalue weighted by molar-refractivity contribution is 7.09. The Morgan fingerprint density at radius 1 is 1.09 bits per heavy atom. The van der Waals surface area contributed by atoms with Crippen molar-refractivity contribution in [3.63, 3.8) is 0 Å². The first-order valence-corrected chi connectivity index (χ1v) is 12.7. The van der Waals surface area contributed by atoms with Gasteiger partial charge >= 0.3 is 0 Å². The number of anilines is 1. The molecular weight excluding hydrogens is 464 g/mol. The molecule has 1 amide bonds.